The number of morpholine rings is 1. The topological polar surface area (TPSA) is 118 Å². The molecule has 0 radical (unpaired) electrons. The van der Waals surface area contributed by atoms with Crippen molar-refractivity contribution in [2.45, 2.75) is 11.1 Å². The summed E-state index contributed by atoms with van der Waals surface area (Å²) >= 11 is 5.71. The van der Waals surface area contributed by atoms with Gasteiger partial charge < -0.3 is 14.4 Å². The van der Waals surface area contributed by atoms with Gasteiger partial charge >= 0.3 is 6.18 Å². The number of amides is 2. The third-order valence-corrected chi connectivity index (χ3v) is 8.29. The van der Waals surface area contributed by atoms with Crippen LogP contribution < -0.4 is 14.5 Å². The van der Waals surface area contributed by atoms with Gasteiger partial charge in [0.2, 0.25) is 0 Å². The van der Waals surface area contributed by atoms with Crippen LogP contribution in [0, 0.1) is 0 Å². The number of alkyl halides is 3. The van der Waals surface area contributed by atoms with Crippen LogP contribution in [0.3, 0.4) is 0 Å². The molecule has 0 unspecified atom stereocenters. The maximum atomic E-state index is 13.5. The SMILES string of the molecule is O=C(CN(c1ccc(Cl)c(C(F)(F)F)c1)S(=O)(=O)c1ccccc1)N/N=C/c1ccc(OCC(=O)N2CCOCC2)cc1. The molecular formula is C28H26ClF3N4O6S. The highest BCUT2D eigenvalue weighted by Gasteiger charge is 2.35. The Morgan fingerprint density at radius 3 is 2.37 bits per heavy atom. The summed E-state index contributed by atoms with van der Waals surface area (Å²) in [6, 6.07) is 15.9. The van der Waals surface area contributed by atoms with Gasteiger partial charge in [0, 0.05) is 13.1 Å². The number of hydrogen-bond acceptors (Lipinski definition) is 7. The number of carbonyl (C=O) groups excluding carboxylic acids is 2. The van der Waals surface area contributed by atoms with Gasteiger partial charge in [-0.15, -0.1) is 0 Å². The summed E-state index contributed by atoms with van der Waals surface area (Å²) in [5, 5.41) is 3.20. The van der Waals surface area contributed by atoms with Crippen LogP contribution in [0.2, 0.25) is 5.02 Å². The molecule has 0 bridgehead atoms. The zero-order valence-electron chi connectivity index (χ0n) is 22.5. The number of ether oxygens (including phenoxy) is 2. The molecule has 1 saturated heterocycles. The Bertz CT molecular complexity index is 1570. The minimum Gasteiger partial charge on any atom is -0.484 e. The first-order valence-electron chi connectivity index (χ1n) is 12.8. The first-order chi connectivity index (χ1) is 20.4. The summed E-state index contributed by atoms with van der Waals surface area (Å²) in [5.74, 6) is -0.639. The van der Waals surface area contributed by atoms with Gasteiger partial charge in [-0.2, -0.15) is 18.3 Å². The number of nitrogens with zero attached hydrogens (tertiary/aromatic N) is 3. The summed E-state index contributed by atoms with van der Waals surface area (Å²) in [5.41, 5.74) is 1.05. The highest BCUT2D eigenvalue weighted by Crippen LogP contribution is 2.38. The van der Waals surface area contributed by atoms with Gasteiger partial charge in [0.25, 0.3) is 21.8 Å². The second-order valence-electron chi connectivity index (χ2n) is 9.13. The Morgan fingerprint density at radius 2 is 1.72 bits per heavy atom. The normalized spacial score (nSPS) is 14.0. The third kappa shape index (κ3) is 8.46. The molecule has 15 heteroatoms. The smallest absolute Gasteiger partial charge is 0.417 e. The zero-order chi connectivity index (χ0) is 31.0. The van der Waals surface area contributed by atoms with Crippen LogP contribution in [0.15, 0.2) is 82.8 Å². The standard InChI is InChI=1S/C28H26ClF3N4O6S/c29-25-11-8-21(16-24(25)28(30,31)32)36(43(39,40)23-4-2-1-3-5-23)18-26(37)34-33-17-20-6-9-22(10-7-20)42-19-27(38)35-12-14-41-15-13-35/h1-11,16-17H,12-15,18-19H2,(H,34,37)/b33-17+. The number of halogens is 4. The van der Waals surface area contributed by atoms with Crippen molar-refractivity contribution < 1.29 is 40.7 Å². The van der Waals surface area contributed by atoms with Crippen LogP contribution >= 0.6 is 11.6 Å². The van der Waals surface area contributed by atoms with E-state index in [1.807, 2.05) is 0 Å². The second kappa shape index (κ2) is 13.9. The predicted octanol–water partition coefficient (Wildman–Crippen LogP) is 3.94. The maximum absolute atomic E-state index is 13.5. The lowest BCUT2D eigenvalue weighted by Crippen LogP contribution is -2.42. The molecule has 0 spiro atoms. The second-order valence-corrected chi connectivity index (χ2v) is 11.4. The van der Waals surface area contributed by atoms with Crippen molar-refractivity contribution in [3.05, 3.63) is 88.9 Å². The predicted molar refractivity (Wildman–Crippen MR) is 153 cm³/mol. The lowest BCUT2D eigenvalue weighted by atomic mass is 10.2. The van der Waals surface area contributed by atoms with Crippen molar-refractivity contribution in [1.82, 2.24) is 10.3 Å². The fraction of sp³-hybridized carbons (Fsp3) is 0.250. The molecule has 1 heterocycles. The highest BCUT2D eigenvalue weighted by atomic mass is 35.5. The molecule has 10 nitrogen and oxygen atoms in total. The van der Waals surface area contributed by atoms with Crippen LogP contribution in [0.4, 0.5) is 18.9 Å². The van der Waals surface area contributed by atoms with E-state index in [0.717, 1.165) is 12.1 Å². The summed E-state index contributed by atoms with van der Waals surface area (Å²) in [6.07, 6.45) is -3.58. The van der Waals surface area contributed by atoms with E-state index in [1.165, 1.54) is 30.5 Å². The molecule has 228 valence electrons. The molecule has 0 atom stereocenters. The summed E-state index contributed by atoms with van der Waals surface area (Å²) in [4.78, 5) is 26.4. The van der Waals surface area contributed by atoms with Crippen LogP contribution in [0.25, 0.3) is 0 Å². The monoisotopic (exact) mass is 638 g/mol. The van der Waals surface area contributed by atoms with E-state index in [0.29, 0.717) is 48.0 Å². The van der Waals surface area contributed by atoms with Gasteiger partial charge in [-0.3, -0.25) is 13.9 Å². The van der Waals surface area contributed by atoms with Crippen LogP contribution in [0.5, 0.6) is 5.75 Å². The molecular weight excluding hydrogens is 613 g/mol. The Labute approximate surface area is 250 Å². The Hall–Kier alpha value is -4.14. The minimum absolute atomic E-state index is 0.135. The number of hydrogen-bond donors (Lipinski definition) is 1. The molecule has 3 aromatic carbocycles. The van der Waals surface area contributed by atoms with Crippen molar-refractivity contribution in [1.29, 1.82) is 0 Å². The van der Waals surface area contributed by atoms with E-state index < -0.39 is 44.9 Å². The van der Waals surface area contributed by atoms with E-state index >= 15 is 0 Å². The fourth-order valence-corrected chi connectivity index (χ4v) is 5.62. The number of hydrazone groups is 1. The quantitative estimate of drug-likeness (QED) is 0.266. The van der Waals surface area contributed by atoms with Crippen LogP contribution in [-0.4, -0.2) is 70.8 Å². The Balaban J connectivity index is 1.43. The third-order valence-electron chi connectivity index (χ3n) is 6.17. The van der Waals surface area contributed by atoms with Gasteiger partial charge in [-0.25, -0.2) is 13.8 Å². The van der Waals surface area contributed by atoms with Gasteiger partial charge in [0.1, 0.15) is 12.3 Å². The molecule has 1 aliphatic rings. The molecule has 3 aromatic rings. The van der Waals surface area contributed by atoms with E-state index in [9.17, 15) is 31.2 Å². The zero-order valence-corrected chi connectivity index (χ0v) is 24.0. The highest BCUT2D eigenvalue weighted by molar-refractivity contribution is 7.92. The minimum atomic E-state index is -4.86. The molecule has 0 saturated carbocycles. The number of sulfonamides is 1. The molecule has 2 amide bonds. The number of anilines is 1. The van der Waals surface area contributed by atoms with Gasteiger partial charge in [0.05, 0.1) is 40.6 Å². The molecule has 1 fully saturated rings. The van der Waals surface area contributed by atoms with Crippen molar-refractivity contribution in [2.24, 2.45) is 5.10 Å². The molecule has 0 aliphatic carbocycles. The van der Waals surface area contributed by atoms with E-state index in [4.69, 9.17) is 21.1 Å². The molecule has 1 N–H and O–H groups in total. The van der Waals surface area contributed by atoms with Crippen molar-refractivity contribution in [3.8, 4) is 5.75 Å². The number of nitrogens with one attached hydrogen (secondary N) is 1. The Kier molecular flexibility index (Phi) is 10.3. The van der Waals surface area contributed by atoms with Crippen molar-refractivity contribution >= 4 is 45.3 Å². The van der Waals surface area contributed by atoms with Crippen LogP contribution in [0.1, 0.15) is 11.1 Å². The summed E-state index contributed by atoms with van der Waals surface area (Å²) in [7, 11) is -4.46. The average molecular weight is 639 g/mol. The van der Waals surface area contributed by atoms with Gasteiger partial charge in [-0.05, 0) is 60.2 Å². The van der Waals surface area contributed by atoms with E-state index in [2.05, 4.69) is 10.5 Å². The first kappa shape index (κ1) is 31.8. The fourth-order valence-electron chi connectivity index (χ4n) is 3.96. The summed E-state index contributed by atoms with van der Waals surface area (Å²) < 4.78 is 78.6. The maximum Gasteiger partial charge on any atom is 0.417 e. The van der Waals surface area contributed by atoms with Crippen molar-refractivity contribution in [3.63, 3.8) is 0 Å². The lowest BCUT2D eigenvalue weighted by molar-refractivity contribution is -0.138. The van der Waals surface area contributed by atoms with E-state index in [1.54, 1.807) is 35.2 Å². The first-order valence-corrected chi connectivity index (χ1v) is 14.6. The number of carbonyl (C=O) groups is 2. The molecule has 4 rings (SSSR count). The van der Waals surface area contributed by atoms with Gasteiger partial charge in [0.15, 0.2) is 6.61 Å². The van der Waals surface area contributed by atoms with Crippen molar-refractivity contribution in [2.75, 3.05) is 43.8 Å². The Morgan fingerprint density at radius 1 is 1.05 bits per heavy atom. The average Bonchev–Trinajstić information content (AvgIpc) is 3.00. The van der Waals surface area contributed by atoms with Gasteiger partial charge in [-0.1, -0.05) is 29.8 Å². The van der Waals surface area contributed by atoms with E-state index in [-0.39, 0.29) is 17.4 Å². The summed E-state index contributed by atoms with van der Waals surface area (Å²) in [6.45, 7) is 0.969. The number of benzene rings is 3. The lowest BCUT2D eigenvalue weighted by Gasteiger charge is -2.26. The van der Waals surface area contributed by atoms with Crippen LogP contribution in [-0.2, 0) is 30.5 Å². The molecule has 43 heavy (non-hydrogen) atoms. The number of rotatable bonds is 10. The largest absolute Gasteiger partial charge is 0.484 e. The molecule has 0 aromatic heterocycles. The molecule has 1 aliphatic heterocycles.